The molecule has 0 bridgehead atoms. The van der Waals surface area contributed by atoms with Gasteiger partial charge in [-0.3, -0.25) is 0 Å². The van der Waals surface area contributed by atoms with Gasteiger partial charge in [0.05, 0.1) is 6.61 Å². The van der Waals surface area contributed by atoms with E-state index in [9.17, 15) is 0 Å². The Morgan fingerprint density at radius 3 is 2.92 bits per heavy atom. The highest BCUT2D eigenvalue weighted by Gasteiger charge is 2.32. The van der Waals surface area contributed by atoms with Gasteiger partial charge in [-0.1, -0.05) is 15.9 Å². The Labute approximate surface area is 87.8 Å². The molecule has 1 atom stereocenters. The maximum absolute atomic E-state index is 5.45. The van der Waals surface area contributed by atoms with Crippen molar-refractivity contribution in [3.05, 3.63) is 0 Å². The second kappa shape index (κ2) is 5.51. The summed E-state index contributed by atoms with van der Waals surface area (Å²) in [6.07, 6.45) is 6.06. The first-order valence-electron chi connectivity index (χ1n) is 4.46. The highest BCUT2D eigenvalue weighted by atomic mass is 79.9. The fraction of sp³-hybridized carbons (Fsp3) is 1.00. The molecule has 1 fully saturated rings. The van der Waals surface area contributed by atoms with Gasteiger partial charge >= 0.3 is 0 Å². The van der Waals surface area contributed by atoms with Gasteiger partial charge in [0.15, 0.2) is 0 Å². The van der Waals surface area contributed by atoms with Crippen LogP contribution >= 0.6 is 27.7 Å². The van der Waals surface area contributed by atoms with Crippen molar-refractivity contribution in [2.75, 3.05) is 30.6 Å². The van der Waals surface area contributed by atoms with Gasteiger partial charge in [0, 0.05) is 17.4 Å². The molecule has 0 aromatic heterocycles. The molecule has 0 aromatic rings. The summed E-state index contributed by atoms with van der Waals surface area (Å²) in [6.45, 7) is 1.93. The monoisotopic (exact) mass is 252 g/mol. The molecule has 1 unspecified atom stereocenters. The summed E-state index contributed by atoms with van der Waals surface area (Å²) in [5.74, 6) is 1.29. The maximum Gasteiger partial charge on any atom is 0.0531 e. The molecule has 1 rings (SSSR count). The zero-order valence-corrected chi connectivity index (χ0v) is 10.0. The smallest absolute Gasteiger partial charge is 0.0531 e. The predicted molar refractivity (Wildman–Crippen MR) is 59.3 cm³/mol. The topological polar surface area (TPSA) is 9.23 Å². The first kappa shape index (κ1) is 10.9. The van der Waals surface area contributed by atoms with Crippen molar-refractivity contribution in [3.8, 4) is 0 Å². The van der Waals surface area contributed by atoms with E-state index in [1.165, 1.54) is 25.0 Å². The van der Waals surface area contributed by atoms with Crippen molar-refractivity contribution in [1.82, 2.24) is 0 Å². The van der Waals surface area contributed by atoms with Crippen LogP contribution in [0.5, 0.6) is 0 Å². The number of ether oxygens (including phenoxy) is 1. The number of rotatable bonds is 5. The van der Waals surface area contributed by atoms with E-state index in [-0.39, 0.29) is 0 Å². The van der Waals surface area contributed by atoms with Crippen LogP contribution in [0.15, 0.2) is 0 Å². The Morgan fingerprint density at radius 1 is 1.58 bits per heavy atom. The van der Waals surface area contributed by atoms with Gasteiger partial charge in [-0.2, -0.15) is 11.8 Å². The fourth-order valence-corrected chi connectivity index (χ4v) is 2.77. The summed E-state index contributed by atoms with van der Waals surface area (Å²) >= 11 is 5.54. The van der Waals surface area contributed by atoms with E-state index < -0.39 is 0 Å². The van der Waals surface area contributed by atoms with E-state index in [0.29, 0.717) is 5.41 Å². The summed E-state index contributed by atoms with van der Waals surface area (Å²) in [4.78, 5) is 0. The minimum absolute atomic E-state index is 0.468. The number of hydrogen-bond acceptors (Lipinski definition) is 2. The largest absolute Gasteiger partial charge is 0.381 e. The average Bonchev–Trinajstić information content (AvgIpc) is 2.55. The molecular formula is C9H17BrOS. The first-order chi connectivity index (χ1) is 5.83. The Balaban J connectivity index is 2.24. The molecule has 1 aliphatic heterocycles. The molecule has 1 aliphatic rings. The van der Waals surface area contributed by atoms with Crippen LogP contribution in [0, 0.1) is 5.41 Å². The molecular weight excluding hydrogens is 236 g/mol. The molecule has 72 valence electrons. The molecule has 3 heteroatoms. The van der Waals surface area contributed by atoms with Gasteiger partial charge < -0.3 is 4.74 Å². The predicted octanol–water partition coefficient (Wildman–Crippen LogP) is 2.93. The maximum atomic E-state index is 5.45. The third kappa shape index (κ3) is 2.93. The average molecular weight is 253 g/mol. The van der Waals surface area contributed by atoms with Crippen molar-refractivity contribution in [2.24, 2.45) is 5.41 Å². The Kier molecular flexibility index (Phi) is 4.99. The van der Waals surface area contributed by atoms with Crippen molar-refractivity contribution in [1.29, 1.82) is 0 Å². The van der Waals surface area contributed by atoms with Crippen LogP contribution < -0.4 is 0 Å². The lowest BCUT2D eigenvalue weighted by molar-refractivity contribution is 0.157. The summed E-state index contributed by atoms with van der Waals surface area (Å²) in [6, 6.07) is 0. The SMILES string of the molecule is CSCCCC1(CBr)CCOC1. The molecule has 0 aliphatic carbocycles. The van der Waals surface area contributed by atoms with Crippen LogP contribution in [0.1, 0.15) is 19.3 Å². The normalized spacial score (nSPS) is 29.5. The van der Waals surface area contributed by atoms with E-state index in [2.05, 4.69) is 22.2 Å². The van der Waals surface area contributed by atoms with E-state index in [1.54, 1.807) is 0 Å². The van der Waals surface area contributed by atoms with Crippen LogP contribution in [0.2, 0.25) is 0 Å². The highest BCUT2D eigenvalue weighted by Crippen LogP contribution is 2.35. The van der Waals surface area contributed by atoms with E-state index in [4.69, 9.17) is 4.74 Å². The van der Waals surface area contributed by atoms with Gasteiger partial charge in [0.1, 0.15) is 0 Å². The third-order valence-electron chi connectivity index (χ3n) is 2.52. The number of thioether (sulfide) groups is 1. The standard InChI is InChI=1S/C9H17BrOS/c1-12-6-2-3-9(7-10)4-5-11-8-9/h2-8H2,1H3. The van der Waals surface area contributed by atoms with Crippen molar-refractivity contribution in [2.45, 2.75) is 19.3 Å². The Morgan fingerprint density at radius 2 is 2.42 bits per heavy atom. The lowest BCUT2D eigenvalue weighted by atomic mass is 9.85. The van der Waals surface area contributed by atoms with Crippen LogP contribution in [-0.2, 0) is 4.74 Å². The molecule has 1 heterocycles. The molecule has 0 radical (unpaired) electrons. The molecule has 12 heavy (non-hydrogen) atoms. The number of hydrogen-bond donors (Lipinski definition) is 0. The van der Waals surface area contributed by atoms with Gasteiger partial charge in [-0.15, -0.1) is 0 Å². The first-order valence-corrected chi connectivity index (χ1v) is 6.97. The second-order valence-electron chi connectivity index (χ2n) is 3.53. The molecule has 1 saturated heterocycles. The molecule has 0 aromatic carbocycles. The minimum Gasteiger partial charge on any atom is -0.381 e. The molecule has 0 N–H and O–H groups in total. The van der Waals surface area contributed by atoms with Gasteiger partial charge in [-0.05, 0) is 31.3 Å². The van der Waals surface area contributed by atoms with Crippen LogP contribution in [0.4, 0.5) is 0 Å². The van der Waals surface area contributed by atoms with E-state index >= 15 is 0 Å². The molecule has 0 saturated carbocycles. The zero-order chi connectivity index (χ0) is 8.86. The Bertz CT molecular complexity index is 124. The van der Waals surface area contributed by atoms with Crippen molar-refractivity contribution in [3.63, 3.8) is 0 Å². The fourth-order valence-electron chi connectivity index (χ4n) is 1.61. The minimum atomic E-state index is 0.468. The second-order valence-corrected chi connectivity index (χ2v) is 5.08. The third-order valence-corrected chi connectivity index (χ3v) is 4.41. The zero-order valence-electron chi connectivity index (χ0n) is 7.64. The van der Waals surface area contributed by atoms with Gasteiger partial charge in [0.25, 0.3) is 0 Å². The molecule has 0 amide bonds. The van der Waals surface area contributed by atoms with Crippen LogP contribution in [-0.4, -0.2) is 30.6 Å². The summed E-state index contributed by atoms with van der Waals surface area (Å²) in [5.41, 5.74) is 0.468. The van der Waals surface area contributed by atoms with Crippen molar-refractivity contribution >= 4 is 27.7 Å². The summed E-state index contributed by atoms with van der Waals surface area (Å²) in [5, 5.41) is 1.11. The van der Waals surface area contributed by atoms with E-state index in [0.717, 1.165) is 18.5 Å². The lowest BCUT2D eigenvalue weighted by Gasteiger charge is -2.24. The number of alkyl halides is 1. The molecule has 0 spiro atoms. The lowest BCUT2D eigenvalue weighted by Crippen LogP contribution is -2.22. The van der Waals surface area contributed by atoms with Crippen molar-refractivity contribution < 1.29 is 4.74 Å². The van der Waals surface area contributed by atoms with Crippen LogP contribution in [0.25, 0.3) is 0 Å². The number of halogens is 1. The highest BCUT2D eigenvalue weighted by molar-refractivity contribution is 9.09. The van der Waals surface area contributed by atoms with Gasteiger partial charge in [0.2, 0.25) is 0 Å². The van der Waals surface area contributed by atoms with E-state index in [1.807, 2.05) is 11.8 Å². The molecule has 1 nitrogen and oxygen atoms in total. The Hall–Kier alpha value is 0.790. The summed E-state index contributed by atoms with van der Waals surface area (Å²) < 4.78 is 5.45. The van der Waals surface area contributed by atoms with Gasteiger partial charge in [-0.25, -0.2) is 0 Å². The quantitative estimate of drug-likeness (QED) is 0.550. The van der Waals surface area contributed by atoms with Crippen LogP contribution in [0.3, 0.4) is 0 Å². The summed E-state index contributed by atoms with van der Waals surface area (Å²) in [7, 11) is 0.